The first kappa shape index (κ1) is 28.4. The molecule has 0 bridgehead atoms. The number of anilines is 1. The molecular weight excluding hydrogens is 552 g/mol. The molecule has 0 aliphatic carbocycles. The lowest BCUT2D eigenvalue weighted by atomic mass is 10.1. The first-order chi connectivity index (χ1) is 19.1. The highest BCUT2D eigenvalue weighted by Crippen LogP contribution is 2.22. The zero-order chi connectivity index (χ0) is 28.7. The molecule has 0 saturated heterocycles. The van der Waals surface area contributed by atoms with Gasteiger partial charge in [0.1, 0.15) is 22.1 Å². The lowest BCUT2D eigenvalue weighted by Gasteiger charge is -2.12. The van der Waals surface area contributed by atoms with Gasteiger partial charge in [-0.25, -0.2) is 0 Å². The van der Waals surface area contributed by atoms with Crippen LogP contribution < -0.4 is 19.6 Å². The van der Waals surface area contributed by atoms with Gasteiger partial charge in [0.2, 0.25) is 0 Å². The van der Waals surface area contributed by atoms with Gasteiger partial charge < -0.3 is 19.6 Å². The number of methoxy groups -OCH3 is 1. The van der Waals surface area contributed by atoms with Crippen LogP contribution in [0.1, 0.15) is 21.5 Å². The predicted octanol–water partition coefficient (Wildman–Crippen LogP) is 5.83. The van der Waals surface area contributed by atoms with Gasteiger partial charge in [-0.3, -0.25) is 9.59 Å². The number of halogens is 1. The highest BCUT2D eigenvalue weighted by atomic mass is 35.5. The summed E-state index contributed by atoms with van der Waals surface area (Å²) in [6, 6.07) is 25.5. The Balaban J connectivity index is 1.58. The largest absolute Gasteiger partial charge is 0.497 e. The smallest absolute Gasteiger partial charge is 0.339 e. The highest BCUT2D eigenvalue weighted by Gasteiger charge is 2.18. The van der Waals surface area contributed by atoms with E-state index in [1.165, 1.54) is 43.5 Å². The second kappa shape index (κ2) is 12.5. The van der Waals surface area contributed by atoms with Crippen molar-refractivity contribution in [3.8, 4) is 11.5 Å². The summed E-state index contributed by atoms with van der Waals surface area (Å²) < 4.78 is 35.6. The van der Waals surface area contributed by atoms with E-state index in [-0.39, 0.29) is 26.9 Å². The van der Waals surface area contributed by atoms with Crippen LogP contribution in [0.2, 0.25) is 5.02 Å². The molecule has 4 aromatic rings. The molecule has 0 saturated carbocycles. The molecule has 0 aromatic heterocycles. The summed E-state index contributed by atoms with van der Waals surface area (Å²) in [7, 11) is -2.49. The van der Waals surface area contributed by atoms with Crippen molar-refractivity contribution in [1.82, 2.24) is 5.32 Å². The molecule has 8 nitrogen and oxygen atoms in total. The summed E-state index contributed by atoms with van der Waals surface area (Å²) >= 11 is 6.17. The molecule has 0 radical (unpaired) electrons. The number of carbonyl (C=O) groups is 2. The van der Waals surface area contributed by atoms with Gasteiger partial charge in [-0.1, -0.05) is 53.6 Å². The molecule has 0 unspecified atom stereocenters. The number of hydrogen-bond acceptors (Lipinski definition) is 6. The monoisotopic (exact) mass is 576 g/mol. The third-order valence-electron chi connectivity index (χ3n) is 5.67. The molecule has 0 spiro atoms. The van der Waals surface area contributed by atoms with E-state index in [1.807, 2.05) is 6.92 Å². The van der Waals surface area contributed by atoms with Crippen LogP contribution in [0.25, 0.3) is 6.08 Å². The Morgan fingerprint density at radius 1 is 0.825 bits per heavy atom. The van der Waals surface area contributed by atoms with E-state index >= 15 is 0 Å². The molecule has 0 heterocycles. The molecule has 0 aliphatic heterocycles. The summed E-state index contributed by atoms with van der Waals surface area (Å²) in [5.74, 6) is -0.465. The Hall–Kier alpha value is -4.60. The number of amides is 2. The second-order valence-corrected chi connectivity index (χ2v) is 10.5. The third-order valence-corrected chi connectivity index (χ3v) is 7.26. The summed E-state index contributed by atoms with van der Waals surface area (Å²) in [5, 5.41) is 5.58. The van der Waals surface area contributed by atoms with Crippen LogP contribution in [0.4, 0.5) is 5.69 Å². The van der Waals surface area contributed by atoms with Crippen LogP contribution in [-0.2, 0) is 14.9 Å². The van der Waals surface area contributed by atoms with Crippen molar-refractivity contribution in [2.24, 2.45) is 0 Å². The zero-order valence-electron chi connectivity index (χ0n) is 21.6. The molecule has 0 aliphatic rings. The number of nitrogens with one attached hydrogen (secondary N) is 2. The van der Waals surface area contributed by atoms with Gasteiger partial charge in [-0.05, 0) is 79.2 Å². The fourth-order valence-corrected chi connectivity index (χ4v) is 4.68. The van der Waals surface area contributed by atoms with Gasteiger partial charge in [-0.15, -0.1) is 0 Å². The molecule has 0 fully saturated rings. The van der Waals surface area contributed by atoms with E-state index in [0.717, 1.165) is 5.56 Å². The van der Waals surface area contributed by atoms with E-state index in [4.69, 9.17) is 20.5 Å². The average molecular weight is 577 g/mol. The lowest BCUT2D eigenvalue weighted by molar-refractivity contribution is -0.113. The van der Waals surface area contributed by atoms with Crippen LogP contribution in [0.15, 0.2) is 108 Å². The second-order valence-electron chi connectivity index (χ2n) is 8.59. The van der Waals surface area contributed by atoms with Crippen molar-refractivity contribution in [2.45, 2.75) is 11.8 Å². The lowest BCUT2D eigenvalue weighted by Crippen LogP contribution is -2.30. The Morgan fingerprint density at radius 3 is 2.08 bits per heavy atom. The Kier molecular flexibility index (Phi) is 8.88. The van der Waals surface area contributed by atoms with Gasteiger partial charge in [0.05, 0.1) is 17.7 Å². The number of hydrogen-bond donors (Lipinski definition) is 2. The van der Waals surface area contributed by atoms with Crippen molar-refractivity contribution in [3.05, 3.63) is 124 Å². The van der Waals surface area contributed by atoms with Crippen LogP contribution in [0.3, 0.4) is 0 Å². The van der Waals surface area contributed by atoms with Crippen LogP contribution >= 0.6 is 11.6 Å². The topological polar surface area (TPSA) is 111 Å². The van der Waals surface area contributed by atoms with Crippen molar-refractivity contribution < 1.29 is 26.9 Å². The molecule has 4 aromatic carbocycles. The molecular formula is C30H25ClN2O6S. The fraction of sp³-hybridized carbons (Fsp3) is 0.0667. The third kappa shape index (κ3) is 7.28. The SMILES string of the molecule is COc1ccc(NC(=O)C(=Cc2ccc(OS(=O)(=O)c3ccc(C)cc3)cc2)NC(=O)c2ccccc2Cl)cc1. The normalized spacial score (nSPS) is 11.4. The highest BCUT2D eigenvalue weighted by molar-refractivity contribution is 7.87. The van der Waals surface area contributed by atoms with Crippen LogP contribution in [0, 0.1) is 6.92 Å². The van der Waals surface area contributed by atoms with E-state index in [2.05, 4.69) is 10.6 Å². The quantitative estimate of drug-likeness (QED) is 0.191. The van der Waals surface area contributed by atoms with Crippen molar-refractivity contribution >= 4 is 45.3 Å². The maximum Gasteiger partial charge on any atom is 0.339 e. The van der Waals surface area contributed by atoms with Crippen molar-refractivity contribution in [3.63, 3.8) is 0 Å². The number of aryl methyl sites for hydroxylation is 1. The Morgan fingerprint density at radius 2 is 1.45 bits per heavy atom. The summed E-state index contributed by atoms with van der Waals surface area (Å²) in [6.45, 7) is 1.85. The molecule has 204 valence electrons. The van der Waals surface area contributed by atoms with Crippen LogP contribution in [0.5, 0.6) is 11.5 Å². The molecule has 4 rings (SSSR count). The molecule has 10 heteroatoms. The number of carbonyl (C=O) groups excluding carboxylic acids is 2. The maximum atomic E-state index is 13.2. The first-order valence-corrected chi connectivity index (χ1v) is 13.8. The Bertz CT molecular complexity index is 1650. The average Bonchev–Trinajstić information content (AvgIpc) is 2.94. The molecule has 40 heavy (non-hydrogen) atoms. The summed E-state index contributed by atoms with van der Waals surface area (Å²) in [6.07, 6.45) is 1.45. The fourth-order valence-electron chi connectivity index (χ4n) is 3.53. The van der Waals surface area contributed by atoms with Crippen molar-refractivity contribution in [1.29, 1.82) is 0 Å². The summed E-state index contributed by atoms with van der Waals surface area (Å²) in [5.41, 5.74) is 2.02. The van der Waals surface area contributed by atoms with E-state index in [9.17, 15) is 18.0 Å². The predicted molar refractivity (Wildman–Crippen MR) is 154 cm³/mol. The maximum absolute atomic E-state index is 13.2. The van der Waals surface area contributed by atoms with Gasteiger partial charge in [0.15, 0.2) is 0 Å². The van der Waals surface area contributed by atoms with E-state index in [1.54, 1.807) is 66.7 Å². The van der Waals surface area contributed by atoms with Crippen LogP contribution in [-0.4, -0.2) is 27.3 Å². The number of rotatable bonds is 9. The van der Waals surface area contributed by atoms with Gasteiger partial charge in [0, 0.05) is 5.69 Å². The minimum Gasteiger partial charge on any atom is -0.497 e. The van der Waals surface area contributed by atoms with E-state index < -0.39 is 21.9 Å². The first-order valence-electron chi connectivity index (χ1n) is 12.0. The minimum atomic E-state index is -4.03. The van der Waals surface area contributed by atoms with Gasteiger partial charge >= 0.3 is 10.1 Å². The Labute approximate surface area is 237 Å². The summed E-state index contributed by atoms with van der Waals surface area (Å²) in [4.78, 5) is 26.2. The molecule has 0 atom stereocenters. The van der Waals surface area contributed by atoms with Gasteiger partial charge in [0.25, 0.3) is 11.8 Å². The zero-order valence-corrected chi connectivity index (χ0v) is 23.1. The standard InChI is InChI=1S/C30H25ClN2O6S/c1-20-7-17-25(18-8-20)40(36,37)39-24-13-9-21(10-14-24)19-28(33-29(34)26-5-3-4-6-27(26)31)30(35)32-22-11-15-23(38-2)16-12-22/h3-19H,1-2H3,(H,32,35)(H,33,34). The van der Waals surface area contributed by atoms with E-state index in [0.29, 0.717) is 17.0 Å². The number of benzene rings is 4. The molecule has 2 amide bonds. The minimum absolute atomic E-state index is 0.0295. The number of ether oxygens (including phenoxy) is 1. The molecule has 2 N–H and O–H groups in total. The van der Waals surface area contributed by atoms with Crippen molar-refractivity contribution in [2.75, 3.05) is 12.4 Å². The van der Waals surface area contributed by atoms with Gasteiger partial charge in [-0.2, -0.15) is 8.42 Å².